The van der Waals surface area contributed by atoms with Gasteiger partial charge in [-0.2, -0.15) is 5.26 Å². The van der Waals surface area contributed by atoms with Crippen LogP contribution in [0.5, 0.6) is 0 Å². The molecule has 1 rings (SSSR count). The molecule has 1 N–H and O–H groups in total. The molecule has 0 bridgehead atoms. The average molecular weight is 230 g/mol. The first-order valence-electron chi connectivity index (χ1n) is 6.43. The molecule has 1 atom stereocenters. The van der Waals surface area contributed by atoms with Gasteiger partial charge in [-0.1, -0.05) is 38.8 Å². The van der Waals surface area contributed by atoms with Crippen molar-refractivity contribution in [1.29, 1.82) is 5.26 Å². The number of hydrogen-bond donors (Lipinski definition) is 1. The van der Waals surface area contributed by atoms with Crippen LogP contribution < -0.4 is 5.32 Å². The third-order valence-electron chi connectivity index (χ3n) is 3.47. The second-order valence-corrected chi connectivity index (χ2v) is 4.55. The minimum atomic E-state index is 0.542. The largest absolute Gasteiger partial charge is 0.310 e. The molecule has 0 radical (unpaired) electrons. The topological polar surface area (TPSA) is 35.8 Å². The summed E-state index contributed by atoms with van der Waals surface area (Å²) in [5.41, 5.74) is 1.96. The molecule has 0 aliphatic heterocycles. The van der Waals surface area contributed by atoms with Gasteiger partial charge in [-0.25, -0.2) is 0 Å². The van der Waals surface area contributed by atoms with Crippen LogP contribution in [0.2, 0.25) is 0 Å². The molecule has 1 unspecified atom stereocenters. The number of nitrogens with one attached hydrogen (secondary N) is 1. The highest BCUT2D eigenvalue weighted by molar-refractivity contribution is 5.31. The van der Waals surface area contributed by atoms with E-state index in [4.69, 9.17) is 5.26 Å². The average Bonchev–Trinajstić information content (AvgIpc) is 2.38. The van der Waals surface area contributed by atoms with E-state index in [1.165, 1.54) is 18.4 Å². The number of benzene rings is 1. The van der Waals surface area contributed by atoms with Crippen molar-refractivity contribution in [2.75, 3.05) is 0 Å². The zero-order chi connectivity index (χ0) is 12.7. The Bertz CT molecular complexity index is 358. The Morgan fingerprint density at radius 2 is 1.76 bits per heavy atom. The van der Waals surface area contributed by atoms with Gasteiger partial charge >= 0.3 is 0 Å². The lowest BCUT2D eigenvalue weighted by Gasteiger charge is -2.22. The predicted octanol–water partition coefficient (Wildman–Crippen LogP) is 3.47. The number of nitrogens with zero attached hydrogens (tertiary/aromatic N) is 1. The molecule has 1 aromatic carbocycles. The molecular weight excluding hydrogens is 208 g/mol. The highest BCUT2D eigenvalue weighted by atomic mass is 14.9. The van der Waals surface area contributed by atoms with E-state index in [1.807, 2.05) is 24.3 Å². The zero-order valence-corrected chi connectivity index (χ0v) is 11.0. The molecule has 0 aliphatic rings. The third kappa shape index (κ3) is 4.20. The lowest BCUT2D eigenvalue weighted by Crippen LogP contribution is -2.32. The zero-order valence-electron chi connectivity index (χ0n) is 11.0. The molecule has 0 amide bonds. The van der Waals surface area contributed by atoms with Crippen LogP contribution in [0.25, 0.3) is 0 Å². The molecule has 0 aromatic heterocycles. The van der Waals surface area contributed by atoms with Crippen LogP contribution in [-0.2, 0) is 6.54 Å². The van der Waals surface area contributed by atoms with Crippen LogP contribution in [0, 0.1) is 17.2 Å². The quantitative estimate of drug-likeness (QED) is 0.812. The monoisotopic (exact) mass is 230 g/mol. The van der Waals surface area contributed by atoms with E-state index in [0.29, 0.717) is 6.04 Å². The third-order valence-corrected chi connectivity index (χ3v) is 3.47. The van der Waals surface area contributed by atoms with Crippen molar-refractivity contribution < 1.29 is 0 Å². The summed E-state index contributed by atoms with van der Waals surface area (Å²) in [6.45, 7) is 7.62. The molecule has 92 valence electrons. The number of hydrogen-bond acceptors (Lipinski definition) is 2. The first kappa shape index (κ1) is 13.7. The SMILES string of the molecule is CCC(CC)C(C)NCc1ccc(C#N)cc1. The molecule has 0 saturated carbocycles. The summed E-state index contributed by atoms with van der Waals surface area (Å²) in [6, 6.07) is 10.5. The van der Waals surface area contributed by atoms with E-state index in [-0.39, 0.29) is 0 Å². The normalized spacial score (nSPS) is 12.4. The summed E-state index contributed by atoms with van der Waals surface area (Å²) in [5.74, 6) is 0.744. The Labute approximate surface area is 105 Å². The van der Waals surface area contributed by atoms with Crippen molar-refractivity contribution in [2.24, 2.45) is 5.92 Å². The van der Waals surface area contributed by atoms with E-state index < -0.39 is 0 Å². The van der Waals surface area contributed by atoms with E-state index in [2.05, 4.69) is 32.2 Å². The Morgan fingerprint density at radius 3 is 2.24 bits per heavy atom. The van der Waals surface area contributed by atoms with Crippen molar-refractivity contribution in [2.45, 2.75) is 46.2 Å². The fraction of sp³-hybridized carbons (Fsp3) is 0.533. The Balaban J connectivity index is 2.47. The van der Waals surface area contributed by atoms with Crippen molar-refractivity contribution in [1.82, 2.24) is 5.32 Å². The summed E-state index contributed by atoms with van der Waals surface area (Å²) < 4.78 is 0. The molecule has 0 heterocycles. The minimum absolute atomic E-state index is 0.542. The van der Waals surface area contributed by atoms with Gasteiger partial charge in [0.2, 0.25) is 0 Å². The molecule has 2 heteroatoms. The van der Waals surface area contributed by atoms with Gasteiger partial charge in [0.05, 0.1) is 11.6 Å². The van der Waals surface area contributed by atoms with Crippen molar-refractivity contribution in [3.63, 3.8) is 0 Å². The lowest BCUT2D eigenvalue weighted by molar-refractivity contribution is 0.353. The van der Waals surface area contributed by atoms with E-state index in [9.17, 15) is 0 Å². The summed E-state index contributed by atoms with van der Waals surface area (Å²) in [6.07, 6.45) is 2.44. The van der Waals surface area contributed by atoms with Crippen LogP contribution in [0.3, 0.4) is 0 Å². The molecule has 0 saturated heterocycles. The maximum Gasteiger partial charge on any atom is 0.0991 e. The Kier molecular flexibility index (Phi) is 5.72. The maximum absolute atomic E-state index is 8.72. The highest BCUT2D eigenvalue weighted by Gasteiger charge is 2.12. The first-order chi connectivity index (χ1) is 8.21. The van der Waals surface area contributed by atoms with Crippen LogP contribution >= 0.6 is 0 Å². The fourth-order valence-electron chi connectivity index (χ4n) is 2.14. The second kappa shape index (κ2) is 7.09. The van der Waals surface area contributed by atoms with Gasteiger partial charge in [0.1, 0.15) is 0 Å². The summed E-state index contributed by atoms with van der Waals surface area (Å²) in [5, 5.41) is 12.3. The highest BCUT2D eigenvalue weighted by Crippen LogP contribution is 2.13. The van der Waals surface area contributed by atoms with Crippen LogP contribution in [0.4, 0.5) is 0 Å². The van der Waals surface area contributed by atoms with Gasteiger partial charge in [0, 0.05) is 12.6 Å². The molecule has 0 fully saturated rings. The molecule has 2 nitrogen and oxygen atoms in total. The van der Waals surface area contributed by atoms with E-state index in [1.54, 1.807) is 0 Å². The van der Waals surface area contributed by atoms with Crippen molar-refractivity contribution in [3.05, 3.63) is 35.4 Å². The van der Waals surface area contributed by atoms with Crippen LogP contribution in [-0.4, -0.2) is 6.04 Å². The Hall–Kier alpha value is -1.33. The van der Waals surface area contributed by atoms with Gasteiger partial charge in [-0.15, -0.1) is 0 Å². The lowest BCUT2D eigenvalue weighted by atomic mass is 9.95. The Morgan fingerprint density at radius 1 is 1.18 bits per heavy atom. The van der Waals surface area contributed by atoms with Gasteiger partial charge in [-0.05, 0) is 30.5 Å². The van der Waals surface area contributed by atoms with Gasteiger partial charge in [0.25, 0.3) is 0 Å². The standard InChI is InChI=1S/C15H22N2/c1-4-15(5-2)12(3)17-11-14-8-6-13(10-16)7-9-14/h6-9,12,15,17H,4-5,11H2,1-3H3. The maximum atomic E-state index is 8.72. The number of nitriles is 1. The second-order valence-electron chi connectivity index (χ2n) is 4.55. The fourth-order valence-corrected chi connectivity index (χ4v) is 2.14. The van der Waals surface area contributed by atoms with Crippen molar-refractivity contribution in [3.8, 4) is 6.07 Å². The molecule has 17 heavy (non-hydrogen) atoms. The molecule has 0 aliphatic carbocycles. The summed E-state index contributed by atoms with van der Waals surface area (Å²) in [4.78, 5) is 0. The smallest absolute Gasteiger partial charge is 0.0991 e. The van der Waals surface area contributed by atoms with Gasteiger partial charge in [-0.3, -0.25) is 0 Å². The summed E-state index contributed by atoms with van der Waals surface area (Å²) in [7, 11) is 0. The summed E-state index contributed by atoms with van der Waals surface area (Å²) >= 11 is 0. The first-order valence-corrected chi connectivity index (χ1v) is 6.43. The van der Waals surface area contributed by atoms with Crippen LogP contribution in [0.15, 0.2) is 24.3 Å². The minimum Gasteiger partial charge on any atom is -0.310 e. The number of rotatable bonds is 6. The van der Waals surface area contributed by atoms with Crippen molar-refractivity contribution >= 4 is 0 Å². The van der Waals surface area contributed by atoms with E-state index >= 15 is 0 Å². The molecular formula is C15H22N2. The molecule has 0 spiro atoms. The van der Waals surface area contributed by atoms with Gasteiger partial charge in [0.15, 0.2) is 0 Å². The van der Waals surface area contributed by atoms with Crippen LogP contribution in [0.1, 0.15) is 44.7 Å². The van der Waals surface area contributed by atoms with Gasteiger partial charge < -0.3 is 5.32 Å². The predicted molar refractivity (Wildman–Crippen MR) is 71.5 cm³/mol. The molecule has 1 aromatic rings. The van der Waals surface area contributed by atoms with E-state index in [0.717, 1.165) is 18.0 Å².